The molecule has 0 spiro atoms. The van der Waals surface area contributed by atoms with Gasteiger partial charge in [0.25, 0.3) is 5.91 Å². The predicted octanol–water partition coefficient (Wildman–Crippen LogP) is 2.73. The van der Waals surface area contributed by atoms with Gasteiger partial charge in [0, 0.05) is 23.3 Å². The van der Waals surface area contributed by atoms with Crippen LogP contribution in [0, 0.1) is 11.3 Å². The maximum absolute atomic E-state index is 12.6. The van der Waals surface area contributed by atoms with Crippen LogP contribution < -0.4 is 11.1 Å². The molecular formula is C19H13N7O. The van der Waals surface area contributed by atoms with Crippen LogP contribution in [0.5, 0.6) is 0 Å². The van der Waals surface area contributed by atoms with E-state index in [0.29, 0.717) is 16.8 Å². The number of carbonyl (C=O) groups excluding carboxylic acids is 1. The van der Waals surface area contributed by atoms with Crippen molar-refractivity contribution in [3.63, 3.8) is 0 Å². The Balaban J connectivity index is 1.68. The molecule has 8 nitrogen and oxygen atoms in total. The van der Waals surface area contributed by atoms with Crippen LogP contribution in [0.3, 0.4) is 0 Å². The molecule has 3 heterocycles. The van der Waals surface area contributed by atoms with Gasteiger partial charge in [0.2, 0.25) is 0 Å². The normalized spacial score (nSPS) is 10.5. The largest absolute Gasteiger partial charge is 0.397 e. The summed E-state index contributed by atoms with van der Waals surface area (Å²) in [5.74, 6) is -0.379. The number of carbonyl (C=O) groups is 1. The molecule has 0 aliphatic heterocycles. The fourth-order valence-electron chi connectivity index (χ4n) is 2.71. The second kappa shape index (κ2) is 6.57. The molecule has 27 heavy (non-hydrogen) atoms. The van der Waals surface area contributed by atoms with Gasteiger partial charge in [-0.05, 0) is 35.9 Å². The number of benzene rings is 1. The fourth-order valence-corrected chi connectivity index (χ4v) is 2.71. The summed E-state index contributed by atoms with van der Waals surface area (Å²) in [6.45, 7) is 0. The monoisotopic (exact) mass is 355 g/mol. The Bertz CT molecular complexity index is 1190. The molecule has 4 rings (SSSR count). The van der Waals surface area contributed by atoms with Crippen molar-refractivity contribution in [3.05, 3.63) is 66.4 Å². The van der Waals surface area contributed by atoms with Crippen LogP contribution in [-0.4, -0.2) is 26.1 Å². The number of fused-ring (bicyclic) bond motifs is 1. The van der Waals surface area contributed by atoms with Crippen molar-refractivity contribution in [1.82, 2.24) is 20.2 Å². The number of nitrogens with zero attached hydrogens (tertiary/aromatic N) is 4. The minimum atomic E-state index is -0.379. The molecule has 1 amide bonds. The van der Waals surface area contributed by atoms with Crippen molar-refractivity contribution in [2.75, 3.05) is 11.1 Å². The molecule has 0 unspecified atom stereocenters. The predicted molar refractivity (Wildman–Crippen MR) is 101 cm³/mol. The first kappa shape index (κ1) is 16.2. The van der Waals surface area contributed by atoms with Crippen LogP contribution in [0.2, 0.25) is 0 Å². The van der Waals surface area contributed by atoms with Crippen LogP contribution in [0.1, 0.15) is 16.2 Å². The maximum Gasteiger partial charge on any atom is 0.276 e. The lowest BCUT2D eigenvalue weighted by molar-refractivity contribution is 0.102. The summed E-state index contributed by atoms with van der Waals surface area (Å²) in [5.41, 5.74) is 9.83. The third-order valence-corrected chi connectivity index (χ3v) is 4.01. The van der Waals surface area contributed by atoms with Crippen molar-refractivity contribution < 1.29 is 4.79 Å². The van der Waals surface area contributed by atoms with Crippen molar-refractivity contribution in [3.8, 4) is 17.2 Å². The van der Waals surface area contributed by atoms with Gasteiger partial charge in [-0.25, -0.2) is 4.98 Å². The van der Waals surface area contributed by atoms with Crippen molar-refractivity contribution in [2.45, 2.75) is 0 Å². The summed E-state index contributed by atoms with van der Waals surface area (Å²) >= 11 is 0. The van der Waals surface area contributed by atoms with E-state index in [0.717, 1.165) is 16.6 Å². The Morgan fingerprint density at radius 2 is 2.00 bits per heavy atom. The van der Waals surface area contributed by atoms with E-state index in [1.807, 2.05) is 30.3 Å². The van der Waals surface area contributed by atoms with Gasteiger partial charge in [0.1, 0.15) is 11.8 Å². The minimum absolute atomic E-state index is 0.257. The van der Waals surface area contributed by atoms with Gasteiger partial charge in [0.05, 0.1) is 23.1 Å². The number of amides is 1. The van der Waals surface area contributed by atoms with Gasteiger partial charge in [-0.1, -0.05) is 6.07 Å². The lowest BCUT2D eigenvalue weighted by Gasteiger charge is -2.05. The first-order chi connectivity index (χ1) is 13.1. The number of nitrogens with one attached hydrogen (secondary N) is 2. The Morgan fingerprint density at radius 3 is 2.74 bits per heavy atom. The number of anilines is 2. The third-order valence-electron chi connectivity index (χ3n) is 4.01. The summed E-state index contributed by atoms with van der Waals surface area (Å²) in [5, 5.41) is 19.2. The average molecular weight is 355 g/mol. The van der Waals surface area contributed by atoms with Crippen LogP contribution in [-0.2, 0) is 0 Å². The molecule has 0 fully saturated rings. The number of pyridine rings is 2. The average Bonchev–Trinajstić information content (AvgIpc) is 3.12. The summed E-state index contributed by atoms with van der Waals surface area (Å²) in [6.07, 6.45) is 4.71. The molecule has 0 radical (unpaired) electrons. The van der Waals surface area contributed by atoms with Gasteiger partial charge in [0.15, 0.2) is 5.69 Å². The molecule has 4 aromatic rings. The number of nitrogens with two attached hydrogens (primary N) is 1. The number of nitriles is 1. The Morgan fingerprint density at radius 1 is 1.11 bits per heavy atom. The molecule has 0 aliphatic carbocycles. The zero-order valence-corrected chi connectivity index (χ0v) is 14.0. The summed E-state index contributed by atoms with van der Waals surface area (Å²) in [6, 6.07) is 12.5. The van der Waals surface area contributed by atoms with E-state index in [2.05, 4.69) is 25.5 Å². The van der Waals surface area contributed by atoms with Crippen LogP contribution in [0.4, 0.5) is 11.4 Å². The fraction of sp³-hybridized carbons (Fsp3) is 0. The van der Waals surface area contributed by atoms with E-state index in [1.165, 1.54) is 12.3 Å². The number of H-pyrrole nitrogens is 1. The first-order valence-corrected chi connectivity index (χ1v) is 8.00. The van der Waals surface area contributed by atoms with E-state index < -0.39 is 0 Å². The number of rotatable bonds is 3. The molecule has 0 bridgehead atoms. The Labute approximate surface area is 153 Å². The van der Waals surface area contributed by atoms with E-state index in [9.17, 15) is 4.79 Å². The number of hydrogen-bond donors (Lipinski definition) is 3. The van der Waals surface area contributed by atoms with E-state index in [1.54, 1.807) is 18.5 Å². The molecule has 0 saturated carbocycles. The molecule has 4 N–H and O–H groups in total. The van der Waals surface area contributed by atoms with Gasteiger partial charge in [-0.15, -0.1) is 0 Å². The molecule has 3 aromatic heterocycles. The van der Waals surface area contributed by atoms with E-state index in [-0.39, 0.29) is 17.3 Å². The number of hydrogen-bond acceptors (Lipinski definition) is 6. The third kappa shape index (κ3) is 3.17. The van der Waals surface area contributed by atoms with E-state index in [4.69, 9.17) is 11.0 Å². The quantitative estimate of drug-likeness (QED) is 0.517. The number of aromatic amines is 1. The SMILES string of the molecule is N#Cc1ccc(NC(=O)c2n[nH]c3ccc(-c4cncc(N)c4)cc23)cn1. The zero-order chi connectivity index (χ0) is 18.8. The molecule has 0 aliphatic rings. The highest BCUT2D eigenvalue weighted by Gasteiger charge is 2.15. The second-order valence-electron chi connectivity index (χ2n) is 5.84. The highest BCUT2D eigenvalue weighted by Crippen LogP contribution is 2.26. The molecule has 8 heteroatoms. The maximum atomic E-state index is 12.6. The number of nitrogen functional groups attached to an aromatic ring is 1. The molecule has 1 aromatic carbocycles. The van der Waals surface area contributed by atoms with Crippen molar-refractivity contribution in [2.24, 2.45) is 0 Å². The van der Waals surface area contributed by atoms with Gasteiger partial charge in [-0.3, -0.25) is 14.9 Å². The van der Waals surface area contributed by atoms with E-state index >= 15 is 0 Å². The second-order valence-corrected chi connectivity index (χ2v) is 5.84. The first-order valence-electron chi connectivity index (χ1n) is 8.00. The highest BCUT2D eigenvalue weighted by atomic mass is 16.1. The smallest absolute Gasteiger partial charge is 0.276 e. The summed E-state index contributed by atoms with van der Waals surface area (Å²) in [4.78, 5) is 20.7. The van der Waals surface area contributed by atoms with Crippen LogP contribution in [0.25, 0.3) is 22.0 Å². The Kier molecular flexibility index (Phi) is 3.95. The highest BCUT2D eigenvalue weighted by molar-refractivity contribution is 6.11. The van der Waals surface area contributed by atoms with Crippen molar-refractivity contribution >= 4 is 28.2 Å². The topological polar surface area (TPSA) is 133 Å². The number of aromatic nitrogens is 4. The molecule has 0 saturated heterocycles. The Hall–Kier alpha value is -4.25. The summed E-state index contributed by atoms with van der Waals surface area (Å²) in [7, 11) is 0. The van der Waals surface area contributed by atoms with Gasteiger partial charge < -0.3 is 11.1 Å². The summed E-state index contributed by atoms with van der Waals surface area (Å²) < 4.78 is 0. The molecule has 0 atom stereocenters. The van der Waals surface area contributed by atoms with Crippen LogP contribution >= 0.6 is 0 Å². The molecular weight excluding hydrogens is 342 g/mol. The van der Waals surface area contributed by atoms with Crippen molar-refractivity contribution in [1.29, 1.82) is 5.26 Å². The van der Waals surface area contributed by atoms with Crippen LogP contribution in [0.15, 0.2) is 55.0 Å². The standard InChI is InChI=1S/C19H13N7O/c20-7-14-2-3-15(10-23-14)24-19(27)18-16-6-11(1-4-17(16)25-26-18)12-5-13(21)9-22-8-12/h1-6,8-10H,21H2,(H,24,27)(H,25,26). The lowest BCUT2D eigenvalue weighted by atomic mass is 10.0. The molecule has 130 valence electrons. The minimum Gasteiger partial charge on any atom is -0.397 e. The van der Waals surface area contributed by atoms with Gasteiger partial charge in [-0.2, -0.15) is 10.4 Å². The zero-order valence-electron chi connectivity index (χ0n) is 14.0. The van der Waals surface area contributed by atoms with Gasteiger partial charge >= 0.3 is 0 Å². The lowest BCUT2D eigenvalue weighted by Crippen LogP contribution is -2.13.